The summed E-state index contributed by atoms with van der Waals surface area (Å²) in [7, 11) is 0. The average Bonchev–Trinajstić information content (AvgIpc) is 2.84. The van der Waals surface area contributed by atoms with Gasteiger partial charge in [-0.3, -0.25) is 0 Å². The van der Waals surface area contributed by atoms with E-state index in [-0.39, 0.29) is 18.6 Å². The molecule has 3 aromatic rings. The molecule has 0 radical (unpaired) electrons. The number of nitrogens with two attached hydrogens (primary N) is 1. The van der Waals surface area contributed by atoms with Crippen LogP contribution in [0.2, 0.25) is 0 Å². The summed E-state index contributed by atoms with van der Waals surface area (Å²) < 4.78 is 0. The summed E-state index contributed by atoms with van der Waals surface area (Å²) in [5, 5.41) is 15.2. The van der Waals surface area contributed by atoms with Crippen LogP contribution in [0, 0.1) is 5.92 Å². The van der Waals surface area contributed by atoms with Gasteiger partial charge in [0.25, 0.3) is 0 Å². The molecule has 1 fully saturated rings. The Morgan fingerprint density at radius 3 is 2.56 bits per heavy atom. The number of nitrogen functional groups attached to an aromatic ring is 1. The Morgan fingerprint density at radius 1 is 1.06 bits per heavy atom. The first kappa shape index (κ1) is 21.6. The minimum Gasteiger partial charge on any atom is -0.396 e. The maximum absolute atomic E-state index is 12.5. The Balaban J connectivity index is 1.37. The highest BCUT2D eigenvalue weighted by molar-refractivity contribution is 5.90. The van der Waals surface area contributed by atoms with Crippen molar-refractivity contribution in [3.05, 3.63) is 66.5 Å². The van der Waals surface area contributed by atoms with Crippen molar-refractivity contribution in [1.82, 2.24) is 15.3 Å². The lowest BCUT2D eigenvalue weighted by Gasteiger charge is -2.34. The largest absolute Gasteiger partial charge is 0.396 e. The van der Waals surface area contributed by atoms with Crippen LogP contribution >= 0.6 is 0 Å². The molecule has 0 spiro atoms. The van der Waals surface area contributed by atoms with Crippen LogP contribution in [0.15, 0.2) is 60.9 Å². The SMILES string of the molecule is Nc1ncc(-c2cccc(NC(=O)NCc3ccccc3N3CCC(CO)CC3)c2)cn1. The van der Waals surface area contributed by atoms with Gasteiger partial charge in [-0.2, -0.15) is 0 Å². The monoisotopic (exact) mass is 432 g/mol. The van der Waals surface area contributed by atoms with Crippen LogP contribution in [0.25, 0.3) is 11.1 Å². The molecule has 0 atom stereocenters. The summed E-state index contributed by atoms with van der Waals surface area (Å²) in [4.78, 5) is 22.9. The first-order chi connectivity index (χ1) is 15.6. The van der Waals surface area contributed by atoms with Crippen molar-refractivity contribution in [2.75, 3.05) is 35.6 Å². The molecule has 2 heterocycles. The lowest BCUT2D eigenvalue weighted by atomic mass is 9.97. The summed E-state index contributed by atoms with van der Waals surface area (Å²) in [5.41, 5.74) is 10.1. The summed E-state index contributed by atoms with van der Waals surface area (Å²) >= 11 is 0. The van der Waals surface area contributed by atoms with E-state index in [1.165, 1.54) is 0 Å². The highest BCUT2D eigenvalue weighted by atomic mass is 16.3. The molecule has 1 aliphatic rings. The normalized spacial score (nSPS) is 14.2. The third-order valence-electron chi connectivity index (χ3n) is 5.77. The van der Waals surface area contributed by atoms with E-state index < -0.39 is 0 Å². The van der Waals surface area contributed by atoms with Crippen LogP contribution in [0.5, 0.6) is 0 Å². The van der Waals surface area contributed by atoms with Gasteiger partial charge in [-0.15, -0.1) is 0 Å². The number of amides is 2. The molecule has 4 rings (SSSR count). The van der Waals surface area contributed by atoms with Crippen molar-refractivity contribution < 1.29 is 9.90 Å². The molecule has 1 aliphatic heterocycles. The van der Waals surface area contributed by atoms with Gasteiger partial charge in [0.15, 0.2) is 0 Å². The molecular formula is C24H28N6O2. The van der Waals surface area contributed by atoms with E-state index in [1.54, 1.807) is 12.4 Å². The number of anilines is 3. The number of nitrogens with zero attached hydrogens (tertiary/aromatic N) is 3. The maximum Gasteiger partial charge on any atom is 0.319 e. The van der Waals surface area contributed by atoms with Crippen molar-refractivity contribution in [2.24, 2.45) is 5.92 Å². The third-order valence-corrected chi connectivity index (χ3v) is 5.77. The second-order valence-electron chi connectivity index (χ2n) is 7.96. The highest BCUT2D eigenvalue weighted by Gasteiger charge is 2.20. The molecule has 166 valence electrons. The number of carbonyl (C=O) groups excluding carboxylic acids is 1. The maximum atomic E-state index is 12.5. The zero-order chi connectivity index (χ0) is 22.3. The van der Waals surface area contributed by atoms with Gasteiger partial charge in [-0.25, -0.2) is 14.8 Å². The molecule has 0 bridgehead atoms. The van der Waals surface area contributed by atoms with Crippen molar-refractivity contribution in [3.8, 4) is 11.1 Å². The van der Waals surface area contributed by atoms with Crippen molar-refractivity contribution in [2.45, 2.75) is 19.4 Å². The fraction of sp³-hybridized carbons (Fsp3) is 0.292. The zero-order valence-electron chi connectivity index (χ0n) is 17.9. The summed E-state index contributed by atoms with van der Waals surface area (Å²) in [6.07, 6.45) is 5.27. The predicted molar refractivity (Wildman–Crippen MR) is 126 cm³/mol. The molecule has 0 saturated carbocycles. The van der Waals surface area contributed by atoms with Gasteiger partial charge in [0, 0.05) is 55.6 Å². The van der Waals surface area contributed by atoms with E-state index in [0.29, 0.717) is 18.2 Å². The van der Waals surface area contributed by atoms with Crippen LogP contribution in [0.1, 0.15) is 18.4 Å². The Hall–Kier alpha value is -3.65. The molecule has 8 heteroatoms. The Labute approximate surface area is 187 Å². The minimum absolute atomic E-state index is 0.223. The minimum atomic E-state index is -0.274. The van der Waals surface area contributed by atoms with Crippen molar-refractivity contribution in [1.29, 1.82) is 0 Å². The van der Waals surface area contributed by atoms with Crippen molar-refractivity contribution >= 4 is 23.4 Å². The number of rotatable bonds is 6. The van der Waals surface area contributed by atoms with Gasteiger partial charge >= 0.3 is 6.03 Å². The third kappa shape index (κ3) is 5.33. The van der Waals surface area contributed by atoms with Crippen LogP contribution in [-0.4, -0.2) is 40.8 Å². The average molecular weight is 433 g/mol. The number of benzene rings is 2. The van der Waals surface area contributed by atoms with Crippen LogP contribution in [0.4, 0.5) is 22.1 Å². The quantitative estimate of drug-likeness (QED) is 0.475. The standard InChI is InChI=1S/C24H28N6O2/c25-23-26-14-20(15-27-23)18-5-3-6-21(12-18)29-24(32)28-13-19-4-1-2-7-22(19)30-10-8-17(16-31)9-11-30/h1-7,12,14-15,17,31H,8-11,13,16H2,(H2,25,26,27)(H2,28,29,32). The second kappa shape index (κ2) is 10.1. The van der Waals surface area contributed by atoms with Crippen LogP contribution in [0.3, 0.4) is 0 Å². The molecule has 1 aromatic heterocycles. The number of aliphatic hydroxyl groups is 1. The van der Waals surface area contributed by atoms with E-state index in [0.717, 1.165) is 48.3 Å². The second-order valence-corrected chi connectivity index (χ2v) is 7.96. The first-order valence-electron chi connectivity index (χ1n) is 10.8. The van der Waals surface area contributed by atoms with E-state index in [2.05, 4.69) is 31.6 Å². The van der Waals surface area contributed by atoms with Gasteiger partial charge < -0.3 is 26.4 Å². The molecule has 1 saturated heterocycles. The molecule has 2 aromatic carbocycles. The van der Waals surface area contributed by atoms with Gasteiger partial charge in [0.2, 0.25) is 5.95 Å². The topological polar surface area (TPSA) is 116 Å². The molecule has 0 unspecified atom stereocenters. The fourth-order valence-electron chi connectivity index (χ4n) is 3.94. The number of hydrogen-bond acceptors (Lipinski definition) is 6. The molecule has 8 nitrogen and oxygen atoms in total. The Morgan fingerprint density at radius 2 is 1.81 bits per heavy atom. The van der Waals surface area contributed by atoms with Crippen molar-refractivity contribution in [3.63, 3.8) is 0 Å². The van der Waals surface area contributed by atoms with E-state index in [9.17, 15) is 9.90 Å². The van der Waals surface area contributed by atoms with Gasteiger partial charge in [0.1, 0.15) is 0 Å². The number of para-hydroxylation sites is 1. The number of aliphatic hydroxyl groups excluding tert-OH is 1. The first-order valence-corrected chi connectivity index (χ1v) is 10.8. The number of piperidine rings is 1. The molecule has 32 heavy (non-hydrogen) atoms. The summed E-state index contributed by atoms with van der Waals surface area (Å²) in [6.45, 7) is 2.50. The van der Waals surface area contributed by atoms with Crippen LogP contribution in [-0.2, 0) is 6.54 Å². The highest BCUT2D eigenvalue weighted by Crippen LogP contribution is 2.26. The Kier molecular flexibility index (Phi) is 6.81. The lowest BCUT2D eigenvalue weighted by molar-refractivity contribution is 0.203. The molecular weight excluding hydrogens is 404 g/mol. The number of carbonyl (C=O) groups is 1. The van der Waals surface area contributed by atoms with E-state index in [1.807, 2.05) is 42.5 Å². The summed E-state index contributed by atoms with van der Waals surface area (Å²) in [6, 6.07) is 15.3. The van der Waals surface area contributed by atoms with Gasteiger partial charge in [-0.1, -0.05) is 30.3 Å². The smallest absolute Gasteiger partial charge is 0.319 e. The lowest BCUT2D eigenvalue weighted by Crippen LogP contribution is -2.36. The summed E-state index contributed by atoms with van der Waals surface area (Å²) in [5.74, 6) is 0.610. The number of hydrogen-bond donors (Lipinski definition) is 4. The number of urea groups is 1. The zero-order valence-corrected chi connectivity index (χ0v) is 17.9. The predicted octanol–water partition coefficient (Wildman–Crippen LogP) is 3.26. The number of aromatic nitrogens is 2. The molecule has 0 aliphatic carbocycles. The van der Waals surface area contributed by atoms with Crippen LogP contribution < -0.4 is 21.3 Å². The van der Waals surface area contributed by atoms with Gasteiger partial charge in [0.05, 0.1) is 0 Å². The number of nitrogens with one attached hydrogen (secondary N) is 2. The van der Waals surface area contributed by atoms with Gasteiger partial charge in [-0.05, 0) is 48.1 Å². The fourth-order valence-corrected chi connectivity index (χ4v) is 3.94. The van der Waals surface area contributed by atoms with E-state index >= 15 is 0 Å². The van der Waals surface area contributed by atoms with E-state index in [4.69, 9.17) is 5.73 Å². The molecule has 5 N–H and O–H groups in total. The molecule has 2 amide bonds. The Bertz CT molecular complexity index is 1050.